The number of hydrogen-bond acceptors (Lipinski definition) is 3. The summed E-state index contributed by atoms with van der Waals surface area (Å²) < 4.78 is 7.19. The van der Waals surface area contributed by atoms with Gasteiger partial charge in [0.15, 0.2) is 0 Å². The summed E-state index contributed by atoms with van der Waals surface area (Å²) in [5, 5.41) is 3.38. The normalized spacial score (nSPS) is 10.7. The first kappa shape index (κ1) is 15.5. The fraction of sp³-hybridized carbons (Fsp3) is 0.353. The van der Waals surface area contributed by atoms with Gasteiger partial charge < -0.3 is 14.6 Å². The van der Waals surface area contributed by atoms with Crippen LogP contribution in [-0.2, 0) is 24.4 Å². The van der Waals surface area contributed by atoms with Crippen molar-refractivity contribution in [3.63, 3.8) is 0 Å². The molecule has 2 rings (SSSR count). The standard InChI is InChI=1S/C17H22N2O2/c1-2-21-14-16-8-4-3-7-15(16)13-18-10-12-19-11-6-5-9-17(19)20/h3-9,11,18H,2,10,12-14H2,1H3. The average molecular weight is 286 g/mol. The van der Waals surface area contributed by atoms with Gasteiger partial charge >= 0.3 is 0 Å². The summed E-state index contributed by atoms with van der Waals surface area (Å²) in [4.78, 5) is 11.6. The number of ether oxygens (including phenoxy) is 1. The minimum atomic E-state index is 0.0380. The Bertz CT molecular complexity index is 607. The Morgan fingerprint density at radius 1 is 1.10 bits per heavy atom. The van der Waals surface area contributed by atoms with E-state index in [1.54, 1.807) is 16.7 Å². The fourth-order valence-corrected chi connectivity index (χ4v) is 2.15. The second kappa shape index (κ2) is 8.39. The molecule has 0 atom stereocenters. The topological polar surface area (TPSA) is 43.3 Å². The van der Waals surface area contributed by atoms with Crippen LogP contribution < -0.4 is 10.9 Å². The predicted octanol–water partition coefficient (Wildman–Crippen LogP) is 2.17. The van der Waals surface area contributed by atoms with Gasteiger partial charge in [0, 0.05) is 38.5 Å². The molecule has 0 saturated carbocycles. The van der Waals surface area contributed by atoms with Crippen LogP contribution in [0.4, 0.5) is 0 Å². The molecule has 1 aromatic carbocycles. The molecule has 0 saturated heterocycles. The van der Waals surface area contributed by atoms with Gasteiger partial charge in [0.25, 0.3) is 5.56 Å². The van der Waals surface area contributed by atoms with Crippen LogP contribution in [0.5, 0.6) is 0 Å². The zero-order valence-electron chi connectivity index (χ0n) is 12.4. The van der Waals surface area contributed by atoms with E-state index in [2.05, 4.69) is 17.4 Å². The number of pyridine rings is 1. The van der Waals surface area contributed by atoms with Gasteiger partial charge in [0.05, 0.1) is 6.61 Å². The van der Waals surface area contributed by atoms with Crippen LogP contribution in [0.25, 0.3) is 0 Å². The van der Waals surface area contributed by atoms with Crippen LogP contribution in [0.1, 0.15) is 18.1 Å². The highest BCUT2D eigenvalue weighted by molar-refractivity contribution is 5.26. The molecule has 0 amide bonds. The number of nitrogens with one attached hydrogen (secondary N) is 1. The molecule has 0 radical (unpaired) electrons. The minimum Gasteiger partial charge on any atom is -0.377 e. The molecule has 0 fully saturated rings. The van der Waals surface area contributed by atoms with Crippen molar-refractivity contribution in [2.24, 2.45) is 0 Å². The van der Waals surface area contributed by atoms with E-state index < -0.39 is 0 Å². The summed E-state index contributed by atoms with van der Waals surface area (Å²) in [6.07, 6.45) is 1.81. The SMILES string of the molecule is CCOCc1ccccc1CNCCn1ccccc1=O. The smallest absolute Gasteiger partial charge is 0.250 e. The fourth-order valence-electron chi connectivity index (χ4n) is 2.15. The average Bonchev–Trinajstić information content (AvgIpc) is 2.52. The second-order valence-electron chi connectivity index (χ2n) is 4.81. The number of benzene rings is 1. The summed E-state index contributed by atoms with van der Waals surface area (Å²) in [5.74, 6) is 0. The van der Waals surface area contributed by atoms with E-state index >= 15 is 0 Å². The third kappa shape index (κ3) is 4.85. The van der Waals surface area contributed by atoms with Crippen LogP contribution >= 0.6 is 0 Å². The van der Waals surface area contributed by atoms with E-state index in [-0.39, 0.29) is 5.56 Å². The van der Waals surface area contributed by atoms with Crippen LogP contribution in [0.2, 0.25) is 0 Å². The summed E-state index contributed by atoms with van der Waals surface area (Å²) in [6, 6.07) is 13.5. The van der Waals surface area contributed by atoms with Crippen molar-refractivity contribution in [2.45, 2.75) is 26.6 Å². The molecule has 4 heteroatoms. The highest BCUT2D eigenvalue weighted by Gasteiger charge is 2.01. The number of hydrogen-bond donors (Lipinski definition) is 1. The zero-order chi connectivity index (χ0) is 14.9. The third-order valence-electron chi connectivity index (χ3n) is 3.32. The lowest BCUT2D eigenvalue weighted by Crippen LogP contribution is -2.26. The van der Waals surface area contributed by atoms with E-state index in [9.17, 15) is 4.79 Å². The van der Waals surface area contributed by atoms with E-state index in [0.29, 0.717) is 13.2 Å². The molecule has 0 bridgehead atoms. The van der Waals surface area contributed by atoms with Crippen molar-refractivity contribution in [3.8, 4) is 0 Å². The molecule has 0 aliphatic heterocycles. The molecule has 1 aromatic heterocycles. The Morgan fingerprint density at radius 3 is 2.62 bits per heavy atom. The molecule has 1 heterocycles. The molecule has 2 aromatic rings. The molecule has 0 unspecified atom stereocenters. The van der Waals surface area contributed by atoms with Crippen molar-refractivity contribution in [1.29, 1.82) is 0 Å². The highest BCUT2D eigenvalue weighted by atomic mass is 16.5. The summed E-state index contributed by atoms with van der Waals surface area (Å²) >= 11 is 0. The largest absolute Gasteiger partial charge is 0.377 e. The maximum absolute atomic E-state index is 11.6. The van der Waals surface area contributed by atoms with Crippen LogP contribution in [0.15, 0.2) is 53.5 Å². The van der Waals surface area contributed by atoms with Crippen LogP contribution in [0, 0.1) is 0 Å². The molecule has 1 N–H and O–H groups in total. The summed E-state index contributed by atoms with van der Waals surface area (Å²) in [6.45, 7) is 5.58. The van der Waals surface area contributed by atoms with Crippen LogP contribution in [-0.4, -0.2) is 17.7 Å². The molecular formula is C17H22N2O2. The zero-order valence-corrected chi connectivity index (χ0v) is 12.4. The molecule has 0 spiro atoms. The summed E-state index contributed by atoms with van der Waals surface area (Å²) in [7, 11) is 0. The van der Waals surface area contributed by atoms with Crippen molar-refractivity contribution in [1.82, 2.24) is 9.88 Å². The van der Waals surface area contributed by atoms with Gasteiger partial charge in [-0.15, -0.1) is 0 Å². The first-order valence-corrected chi connectivity index (χ1v) is 7.32. The van der Waals surface area contributed by atoms with E-state index in [4.69, 9.17) is 4.74 Å². The van der Waals surface area contributed by atoms with Crippen molar-refractivity contribution >= 4 is 0 Å². The third-order valence-corrected chi connectivity index (χ3v) is 3.32. The molecule has 0 aliphatic rings. The minimum absolute atomic E-state index is 0.0380. The van der Waals surface area contributed by atoms with Crippen molar-refractivity contribution in [2.75, 3.05) is 13.2 Å². The second-order valence-corrected chi connectivity index (χ2v) is 4.81. The Hall–Kier alpha value is -1.91. The Morgan fingerprint density at radius 2 is 1.86 bits per heavy atom. The Kier molecular flexibility index (Phi) is 6.19. The number of rotatable bonds is 8. The van der Waals surface area contributed by atoms with Gasteiger partial charge in [-0.25, -0.2) is 0 Å². The Labute approximate surface area is 125 Å². The molecule has 21 heavy (non-hydrogen) atoms. The number of aromatic nitrogens is 1. The van der Waals surface area contributed by atoms with E-state index in [0.717, 1.165) is 19.7 Å². The van der Waals surface area contributed by atoms with Gasteiger partial charge in [0.1, 0.15) is 0 Å². The highest BCUT2D eigenvalue weighted by Crippen LogP contribution is 2.09. The molecule has 4 nitrogen and oxygen atoms in total. The monoisotopic (exact) mass is 286 g/mol. The summed E-state index contributed by atoms with van der Waals surface area (Å²) in [5.41, 5.74) is 2.49. The molecular weight excluding hydrogens is 264 g/mol. The first-order valence-electron chi connectivity index (χ1n) is 7.32. The van der Waals surface area contributed by atoms with Gasteiger partial charge in [-0.1, -0.05) is 30.3 Å². The van der Waals surface area contributed by atoms with Crippen molar-refractivity contribution in [3.05, 3.63) is 70.1 Å². The predicted molar refractivity (Wildman–Crippen MR) is 84.2 cm³/mol. The quantitative estimate of drug-likeness (QED) is 0.756. The van der Waals surface area contributed by atoms with Crippen molar-refractivity contribution < 1.29 is 4.74 Å². The first-order chi connectivity index (χ1) is 10.3. The lowest BCUT2D eigenvalue weighted by atomic mass is 10.1. The maximum Gasteiger partial charge on any atom is 0.250 e. The van der Waals surface area contributed by atoms with Gasteiger partial charge in [-0.2, -0.15) is 0 Å². The number of nitrogens with zero attached hydrogens (tertiary/aromatic N) is 1. The Balaban J connectivity index is 1.83. The van der Waals surface area contributed by atoms with E-state index in [1.807, 2.05) is 31.3 Å². The van der Waals surface area contributed by atoms with Gasteiger partial charge in [-0.3, -0.25) is 4.79 Å². The van der Waals surface area contributed by atoms with Crippen LogP contribution in [0.3, 0.4) is 0 Å². The molecule has 112 valence electrons. The lowest BCUT2D eigenvalue weighted by Gasteiger charge is -2.11. The van der Waals surface area contributed by atoms with Gasteiger partial charge in [0.2, 0.25) is 0 Å². The maximum atomic E-state index is 11.6. The molecule has 0 aliphatic carbocycles. The van der Waals surface area contributed by atoms with E-state index in [1.165, 1.54) is 11.1 Å². The van der Waals surface area contributed by atoms with Gasteiger partial charge in [-0.05, 0) is 24.1 Å². The lowest BCUT2D eigenvalue weighted by molar-refractivity contribution is 0.133.